The SMILES string of the molecule is O=c1ccc2c(-c3ccc(F)cc3Cl)cc(C3CCNCC3)cc2n1-c1c(Cl)cccc1Cl. The summed E-state index contributed by atoms with van der Waals surface area (Å²) in [4.78, 5) is 13.1. The van der Waals surface area contributed by atoms with Gasteiger partial charge in [0.1, 0.15) is 5.82 Å². The van der Waals surface area contributed by atoms with Gasteiger partial charge in [0.25, 0.3) is 5.56 Å². The maximum atomic E-state index is 13.8. The fourth-order valence-corrected chi connectivity index (χ4v) is 5.46. The third-order valence-electron chi connectivity index (χ3n) is 6.23. The summed E-state index contributed by atoms with van der Waals surface area (Å²) in [7, 11) is 0. The van der Waals surface area contributed by atoms with E-state index >= 15 is 0 Å². The molecule has 0 bridgehead atoms. The van der Waals surface area contributed by atoms with E-state index in [9.17, 15) is 9.18 Å². The second-order valence-corrected chi connectivity index (χ2v) is 9.45. The summed E-state index contributed by atoms with van der Waals surface area (Å²) in [6, 6.07) is 17.0. The number of benzene rings is 3. The lowest BCUT2D eigenvalue weighted by molar-refractivity contribution is 0.460. The van der Waals surface area contributed by atoms with Crippen LogP contribution in [0.5, 0.6) is 0 Å². The Morgan fingerprint density at radius 1 is 0.848 bits per heavy atom. The first-order chi connectivity index (χ1) is 15.9. The fraction of sp³-hybridized carbons (Fsp3) is 0.192. The second kappa shape index (κ2) is 9.11. The molecule has 1 aliphatic heterocycles. The largest absolute Gasteiger partial charge is 0.317 e. The first-order valence-electron chi connectivity index (χ1n) is 10.7. The minimum Gasteiger partial charge on any atom is -0.317 e. The molecule has 0 spiro atoms. The molecule has 3 nitrogen and oxygen atoms in total. The zero-order valence-corrected chi connectivity index (χ0v) is 19.8. The van der Waals surface area contributed by atoms with Crippen LogP contribution in [-0.4, -0.2) is 17.7 Å². The lowest BCUT2D eigenvalue weighted by Crippen LogP contribution is -2.26. The second-order valence-electron chi connectivity index (χ2n) is 8.23. The highest BCUT2D eigenvalue weighted by Crippen LogP contribution is 2.39. The van der Waals surface area contributed by atoms with Gasteiger partial charge < -0.3 is 5.32 Å². The minimum atomic E-state index is -0.401. The number of hydrogen-bond acceptors (Lipinski definition) is 2. The third kappa shape index (κ3) is 4.17. The molecule has 3 aromatic carbocycles. The van der Waals surface area contributed by atoms with Gasteiger partial charge in [-0.05, 0) is 85.4 Å². The van der Waals surface area contributed by atoms with Crippen LogP contribution in [0.15, 0.2) is 65.5 Å². The van der Waals surface area contributed by atoms with Crippen LogP contribution in [0.4, 0.5) is 4.39 Å². The van der Waals surface area contributed by atoms with E-state index in [4.69, 9.17) is 34.8 Å². The van der Waals surface area contributed by atoms with Crippen molar-refractivity contribution in [3.63, 3.8) is 0 Å². The summed E-state index contributed by atoms with van der Waals surface area (Å²) in [6.45, 7) is 1.85. The summed E-state index contributed by atoms with van der Waals surface area (Å²) >= 11 is 19.5. The highest BCUT2D eigenvalue weighted by Gasteiger charge is 2.21. The Labute approximate surface area is 205 Å². The fourth-order valence-electron chi connectivity index (χ4n) is 4.62. The molecule has 1 fully saturated rings. The van der Waals surface area contributed by atoms with E-state index in [1.807, 2.05) is 6.07 Å². The van der Waals surface area contributed by atoms with Crippen LogP contribution in [-0.2, 0) is 0 Å². The molecule has 1 aromatic heterocycles. The molecule has 0 aliphatic carbocycles. The molecular formula is C26H20Cl3FN2O. The van der Waals surface area contributed by atoms with E-state index in [0.29, 0.717) is 37.8 Å². The van der Waals surface area contributed by atoms with E-state index in [-0.39, 0.29) is 5.56 Å². The number of rotatable bonds is 3. The van der Waals surface area contributed by atoms with E-state index < -0.39 is 5.82 Å². The summed E-state index contributed by atoms with van der Waals surface area (Å²) in [6.07, 6.45) is 1.96. The van der Waals surface area contributed by atoms with Crippen molar-refractivity contribution in [2.75, 3.05) is 13.1 Å². The Hall–Kier alpha value is -2.37. The molecule has 33 heavy (non-hydrogen) atoms. The van der Waals surface area contributed by atoms with Gasteiger partial charge in [0, 0.05) is 17.0 Å². The number of aromatic nitrogens is 1. The van der Waals surface area contributed by atoms with Crippen LogP contribution in [0.3, 0.4) is 0 Å². The van der Waals surface area contributed by atoms with Crippen LogP contribution >= 0.6 is 34.8 Å². The summed E-state index contributed by atoms with van der Waals surface area (Å²) in [5.74, 6) is -0.0820. The van der Waals surface area contributed by atoms with E-state index in [1.54, 1.807) is 34.9 Å². The molecule has 1 saturated heterocycles. The van der Waals surface area contributed by atoms with Gasteiger partial charge in [-0.15, -0.1) is 0 Å². The van der Waals surface area contributed by atoms with Gasteiger partial charge in [-0.2, -0.15) is 0 Å². The van der Waals surface area contributed by atoms with Gasteiger partial charge in [0.15, 0.2) is 0 Å². The molecule has 1 N–H and O–H groups in total. The lowest BCUT2D eigenvalue weighted by Gasteiger charge is -2.25. The van der Waals surface area contributed by atoms with Crippen molar-refractivity contribution in [1.82, 2.24) is 9.88 Å². The molecule has 0 amide bonds. The van der Waals surface area contributed by atoms with Crippen LogP contribution in [0.1, 0.15) is 24.3 Å². The Kier molecular flexibility index (Phi) is 6.19. The van der Waals surface area contributed by atoms with Gasteiger partial charge >= 0.3 is 0 Å². The van der Waals surface area contributed by atoms with Gasteiger partial charge in [-0.3, -0.25) is 9.36 Å². The zero-order chi connectivity index (χ0) is 23.1. The monoisotopic (exact) mass is 500 g/mol. The number of para-hydroxylation sites is 1. The summed E-state index contributed by atoms with van der Waals surface area (Å²) in [5.41, 5.74) is 3.52. The van der Waals surface area contributed by atoms with Crippen molar-refractivity contribution in [3.8, 4) is 16.8 Å². The molecule has 0 saturated carbocycles. The zero-order valence-electron chi connectivity index (χ0n) is 17.5. The number of fused-ring (bicyclic) bond motifs is 1. The summed E-state index contributed by atoms with van der Waals surface area (Å²) < 4.78 is 15.4. The average Bonchev–Trinajstić information content (AvgIpc) is 2.80. The maximum absolute atomic E-state index is 13.8. The predicted octanol–water partition coefficient (Wildman–Crippen LogP) is 7.22. The Balaban J connectivity index is 1.88. The van der Waals surface area contributed by atoms with Crippen molar-refractivity contribution < 1.29 is 4.39 Å². The van der Waals surface area contributed by atoms with Crippen molar-refractivity contribution in [2.45, 2.75) is 18.8 Å². The first-order valence-corrected chi connectivity index (χ1v) is 11.9. The minimum absolute atomic E-state index is 0.240. The van der Waals surface area contributed by atoms with E-state index in [2.05, 4.69) is 11.4 Å². The van der Waals surface area contributed by atoms with E-state index in [0.717, 1.165) is 42.4 Å². The Morgan fingerprint density at radius 3 is 2.27 bits per heavy atom. The highest BCUT2D eigenvalue weighted by atomic mass is 35.5. The Morgan fingerprint density at radius 2 is 1.58 bits per heavy atom. The molecule has 2 heterocycles. The smallest absolute Gasteiger partial charge is 0.255 e. The van der Waals surface area contributed by atoms with Crippen molar-refractivity contribution in [1.29, 1.82) is 0 Å². The number of pyridine rings is 1. The molecule has 0 radical (unpaired) electrons. The van der Waals surface area contributed by atoms with Crippen LogP contribution in [0, 0.1) is 5.82 Å². The Bertz CT molecular complexity index is 1410. The van der Waals surface area contributed by atoms with Gasteiger partial charge in [-0.25, -0.2) is 4.39 Å². The van der Waals surface area contributed by atoms with Gasteiger partial charge in [-0.1, -0.05) is 46.9 Å². The lowest BCUT2D eigenvalue weighted by atomic mass is 9.86. The molecule has 1 aliphatic rings. The molecule has 4 aromatic rings. The number of piperidine rings is 1. The third-order valence-corrected chi connectivity index (χ3v) is 7.15. The number of hydrogen-bond donors (Lipinski definition) is 1. The molecule has 0 atom stereocenters. The maximum Gasteiger partial charge on any atom is 0.255 e. The summed E-state index contributed by atoms with van der Waals surface area (Å²) in [5, 5.41) is 5.27. The van der Waals surface area contributed by atoms with Crippen molar-refractivity contribution in [2.24, 2.45) is 0 Å². The van der Waals surface area contributed by atoms with Crippen LogP contribution in [0.25, 0.3) is 27.7 Å². The van der Waals surface area contributed by atoms with Gasteiger partial charge in [0.2, 0.25) is 0 Å². The van der Waals surface area contributed by atoms with Crippen LogP contribution in [0.2, 0.25) is 15.1 Å². The molecule has 5 rings (SSSR count). The van der Waals surface area contributed by atoms with Crippen LogP contribution < -0.4 is 10.9 Å². The molecule has 7 heteroatoms. The van der Waals surface area contributed by atoms with E-state index in [1.165, 1.54) is 18.2 Å². The quantitative estimate of drug-likeness (QED) is 0.321. The predicted molar refractivity (Wildman–Crippen MR) is 135 cm³/mol. The first kappa shape index (κ1) is 22.4. The topological polar surface area (TPSA) is 34.0 Å². The molecule has 0 unspecified atom stereocenters. The van der Waals surface area contributed by atoms with Crippen molar-refractivity contribution >= 4 is 45.7 Å². The number of nitrogens with zero attached hydrogens (tertiary/aromatic N) is 1. The molecule has 168 valence electrons. The van der Waals surface area contributed by atoms with Gasteiger partial charge in [0.05, 0.1) is 26.3 Å². The number of nitrogens with one attached hydrogen (secondary N) is 1. The molecular weight excluding hydrogens is 482 g/mol. The highest BCUT2D eigenvalue weighted by molar-refractivity contribution is 6.38. The number of halogens is 4. The standard InChI is InChI=1S/C26H20Cl3FN2O/c27-21-2-1-3-22(28)26(21)32-24-13-16(15-8-10-31-11-9-15)12-20(19(24)6-7-25(32)33)18-5-4-17(30)14-23(18)29/h1-7,12-15,31H,8-11H2. The normalized spacial score (nSPS) is 14.7. The van der Waals surface area contributed by atoms with Crippen molar-refractivity contribution in [3.05, 3.63) is 97.5 Å². The average molecular weight is 502 g/mol.